The summed E-state index contributed by atoms with van der Waals surface area (Å²) < 4.78 is 13.8. The van der Waals surface area contributed by atoms with E-state index in [4.69, 9.17) is 5.11 Å². The number of aliphatic carboxylic acids is 1. The fourth-order valence-electron chi connectivity index (χ4n) is 2.59. The third-order valence-corrected chi connectivity index (χ3v) is 3.83. The van der Waals surface area contributed by atoms with Crippen LogP contribution in [0.3, 0.4) is 0 Å². The highest BCUT2D eigenvalue weighted by molar-refractivity contribution is 5.95. The first-order chi connectivity index (χ1) is 9.97. The van der Waals surface area contributed by atoms with Crippen LogP contribution in [0.5, 0.6) is 0 Å². The van der Waals surface area contributed by atoms with E-state index in [0.717, 1.165) is 25.3 Å². The number of hydrogen-bond donors (Lipinski definition) is 2. The van der Waals surface area contributed by atoms with E-state index in [1.807, 2.05) is 0 Å². The highest BCUT2D eigenvalue weighted by atomic mass is 19.1. The second-order valence-electron chi connectivity index (χ2n) is 5.40. The molecule has 0 saturated heterocycles. The molecule has 1 saturated carbocycles. The number of rotatable bonds is 4. The van der Waals surface area contributed by atoms with Crippen LogP contribution in [-0.2, 0) is 4.79 Å². The summed E-state index contributed by atoms with van der Waals surface area (Å²) in [7, 11) is 0. The predicted octanol–water partition coefficient (Wildman–Crippen LogP) is 2.84. The molecule has 1 aromatic rings. The first-order valence-electron chi connectivity index (χ1n) is 6.99. The van der Waals surface area contributed by atoms with Gasteiger partial charge < -0.3 is 10.4 Å². The summed E-state index contributed by atoms with van der Waals surface area (Å²) in [5.41, 5.74) is 0.421. The molecule has 2 N–H and O–H groups in total. The molecule has 4 nitrogen and oxygen atoms in total. The van der Waals surface area contributed by atoms with Crippen molar-refractivity contribution in [3.05, 3.63) is 41.2 Å². The molecule has 112 valence electrons. The Hall–Kier alpha value is -2.17. The quantitative estimate of drug-likeness (QED) is 0.838. The maximum atomic E-state index is 13.8. The van der Waals surface area contributed by atoms with Crippen LogP contribution >= 0.6 is 0 Å². The van der Waals surface area contributed by atoms with E-state index in [9.17, 15) is 14.0 Å². The molecule has 0 radical (unpaired) electrons. The summed E-state index contributed by atoms with van der Waals surface area (Å²) in [6, 6.07) is 4.05. The molecule has 0 heterocycles. The standard InChI is InChI=1S/C16H18FNO3/c1-10-3-2-4-14(10)18-16(21)12-9-11(5-7-13(12)17)6-8-15(19)20/h5-10,14H,2-4H2,1H3,(H,18,21)(H,19,20). The number of carbonyl (C=O) groups is 2. The van der Waals surface area contributed by atoms with Gasteiger partial charge in [-0.05, 0) is 42.5 Å². The van der Waals surface area contributed by atoms with Crippen molar-refractivity contribution in [2.75, 3.05) is 0 Å². The summed E-state index contributed by atoms with van der Waals surface area (Å²) in [6.07, 6.45) is 5.32. The van der Waals surface area contributed by atoms with E-state index >= 15 is 0 Å². The van der Waals surface area contributed by atoms with E-state index in [1.54, 1.807) is 0 Å². The van der Waals surface area contributed by atoms with Crippen molar-refractivity contribution < 1.29 is 19.1 Å². The summed E-state index contributed by atoms with van der Waals surface area (Å²) in [6.45, 7) is 2.07. The monoisotopic (exact) mass is 291 g/mol. The molecule has 1 fully saturated rings. The summed E-state index contributed by atoms with van der Waals surface area (Å²) in [5.74, 6) is -1.75. The molecule has 0 bridgehead atoms. The maximum Gasteiger partial charge on any atom is 0.328 e. The summed E-state index contributed by atoms with van der Waals surface area (Å²) in [5, 5.41) is 11.4. The minimum Gasteiger partial charge on any atom is -0.478 e. The molecule has 0 aliphatic heterocycles. The molecular formula is C16H18FNO3. The molecule has 21 heavy (non-hydrogen) atoms. The van der Waals surface area contributed by atoms with Gasteiger partial charge in [-0.2, -0.15) is 0 Å². The summed E-state index contributed by atoms with van der Waals surface area (Å²) in [4.78, 5) is 22.7. The van der Waals surface area contributed by atoms with Gasteiger partial charge in [0, 0.05) is 12.1 Å². The lowest BCUT2D eigenvalue weighted by Gasteiger charge is -2.17. The molecule has 1 aromatic carbocycles. The molecule has 2 atom stereocenters. The zero-order chi connectivity index (χ0) is 15.4. The number of carbonyl (C=O) groups excluding carboxylic acids is 1. The van der Waals surface area contributed by atoms with Gasteiger partial charge in [0.1, 0.15) is 5.82 Å². The third-order valence-electron chi connectivity index (χ3n) is 3.83. The fraction of sp³-hybridized carbons (Fsp3) is 0.375. The van der Waals surface area contributed by atoms with Crippen molar-refractivity contribution in [3.63, 3.8) is 0 Å². The Kier molecular flexibility index (Phi) is 4.73. The lowest BCUT2D eigenvalue weighted by Crippen LogP contribution is -2.36. The molecule has 0 aromatic heterocycles. The van der Waals surface area contributed by atoms with Crippen LogP contribution in [0.15, 0.2) is 24.3 Å². The van der Waals surface area contributed by atoms with Crippen LogP contribution in [0, 0.1) is 11.7 Å². The van der Waals surface area contributed by atoms with Gasteiger partial charge in [-0.1, -0.05) is 19.4 Å². The number of hydrogen-bond acceptors (Lipinski definition) is 2. The number of carboxylic acids is 1. The van der Waals surface area contributed by atoms with Crippen LogP contribution in [0.1, 0.15) is 42.1 Å². The van der Waals surface area contributed by atoms with Crippen molar-refractivity contribution in [3.8, 4) is 0 Å². The first-order valence-corrected chi connectivity index (χ1v) is 6.99. The number of carboxylic acid groups (broad SMARTS) is 1. The van der Waals surface area contributed by atoms with Crippen LogP contribution in [-0.4, -0.2) is 23.0 Å². The van der Waals surface area contributed by atoms with Crippen molar-refractivity contribution in [2.45, 2.75) is 32.2 Å². The highest BCUT2D eigenvalue weighted by Gasteiger charge is 2.26. The van der Waals surface area contributed by atoms with Crippen molar-refractivity contribution in [1.82, 2.24) is 5.32 Å². The third kappa shape index (κ3) is 3.90. The zero-order valence-electron chi connectivity index (χ0n) is 11.8. The Morgan fingerprint density at radius 3 is 2.76 bits per heavy atom. The molecular weight excluding hydrogens is 273 g/mol. The van der Waals surface area contributed by atoms with Crippen molar-refractivity contribution in [1.29, 1.82) is 0 Å². The average Bonchev–Trinajstić information content (AvgIpc) is 2.83. The van der Waals surface area contributed by atoms with Crippen molar-refractivity contribution in [2.24, 2.45) is 5.92 Å². The minimum absolute atomic E-state index is 0.0540. The van der Waals surface area contributed by atoms with Crippen LogP contribution in [0.2, 0.25) is 0 Å². The number of nitrogens with one attached hydrogen (secondary N) is 1. The van der Waals surface area contributed by atoms with Gasteiger partial charge in [0.15, 0.2) is 0 Å². The highest BCUT2D eigenvalue weighted by Crippen LogP contribution is 2.25. The predicted molar refractivity (Wildman–Crippen MR) is 77.3 cm³/mol. The van der Waals surface area contributed by atoms with Gasteiger partial charge in [0.2, 0.25) is 0 Å². The average molecular weight is 291 g/mol. The Balaban J connectivity index is 2.15. The van der Waals surface area contributed by atoms with Gasteiger partial charge in [-0.25, -0.2) is 9.18 Å². The maximum absolute atomic E-state index is 13.8. The van der Waals surface area contributed by atoms with Gasteiger partial charge >= 0.3 is 5.97 Å². The summed E-state index contributed by atoms with van der Waals surface area (Å²) >= 11 is 0. The normalized spacial score (nSPS) is 21.6. The van der Waals surface area contributed by atoms with Crippen LogP contribution < -0.4 is 5.32 Å². The lowest BCUT2D eigenvalue weighted by atomic mass is 10.0. The number of benzene rings is 1. The van der Waals surface area contributed by atoms with Gasteiger partial charge in [0.05, 0.1) is 5.56 Å². The second-order valence-corrected chi connectivity index (χ2v) is 5.40. The molecule has 2 rings (SSSR count). The van der Waals surface area contributed by atoms with Gasteiger partial charge in [-0.3, -0.25) is 4.79 Å². The van der Waals surface area contributed by atoms with Crippen LogP contribution in [0.25, 0.3) is 6.08 Å². The first kappa shape index (κ1) is 15.2. The van der Waals surface area contributed by atoms with Gasteiger partial charge in [0.25, 0.3) is 5.91 Å². The Morgan fingerprint density at radius 1 is 1.38 bits per heavy atom. The topological polar surface area (TPSA) is 66.4 Å². The Morgan fingerprint density at radius 2 is 2.14 bits per heavy atom. The largest absolute Gasteiger partial charge is 0.478 e. The Labute approximate surface area is 122 Å². The van der Waals surface area contributed by atoms with Crippen LogP contribution in [0.4, 0.5) is 4.39 Å². The molecule has 1 aliphatic rings. The molecule has 1 aliphatic carbocycles. The Bertz CT molecular complexity index is 583. The van der Waals surface area contributed by atoms with Gasteiger partial charge in [-0.15, -0.1) is 0 Å². The lowest BCUT2D eigenvalue weighted by molar-refractivity contribution is -0.131. The van der Waals surface area contributed by atoms with E-state index < -0.39 is 17.7 Å². The van der Waals surface area contributed by atoms with E-state index in [0.29, 0.717) is 11.5 Å². The molecule has 0 spiro atoms. The SMILES string of the molecule is CC1CCCC1NC(=O)c1cc(C=CC(=O)O)ccc1F. The number of halogens is 1. The minimum atomic E-state index is -1.09. The molecule has 2 unspecified atom stereocenters. The number of amides is 1. The molecule has 1 amide bonds. The smallest absolute Gasteiger partial charge is 0.328 e. The van der Waals surface area contributed by atoms with E-state index in [1.165, 1.54) is 24.3 Å². The van der Waals surface area contributed by atoms with E-state index in [2.05, 4.69) is 12.2 Å². The second kappa shape index (κ2) is 6.52. The fourth-order valence-corrected chi connectivity index (χ4v) is 2.59. The van der Waals surface area contributed by atoms with Crippen molar-refractivity contribution >= 4 is 18.0 Å². The van der Waals surface area contributed by atoms with E-state index in [-0.39, 0.29) is 11.6 Å². The molecule has 5 heteroatoms. The zero-order valence-corrected chi connectivity index (χ0v) is 11.8.